The van der Waals surface area contributed by atoms with E-state index < -0.39 is 0 Å². The third kappa shape index (κ3) is 4.68. The minimum atomic E-state index is -0.170. The van der Waals surface area contributed by atoms with Crippen LogP contribution >= 0.6 is 11.3 Å². The highest BCUT2D eigenvalue weighted by atomic mass is 32.1. The van der Waals surface area contributed by atoms with Crippen LogP contribution in [0.4, 0.5) is 4.79 Å². The standard InChI is InChI=1S/C15H18N2O2S/c18-11-13-4-1-3-12(9-13)10-17-15(19)16-7-6-14-5-2-8-20-14/h1-5,8-9,18H,6-7,10-11H2,(H2,16,17,19). The first kappa shape index (κ1) is 14.6. The van der Waals surface area contributed by atoms with Gasteiger partial charge in [-0.1, -0.05) is 30.3 Å². The normalized spacial score (nSPS) is 10.2. The Hall–Kier alpha value is -1.85. The summed E-state index contributed by atoms with van der Waals surface area (Å²) in [5, 5.41) is 16.7. The lowest BCUT2D eigenvalue weighted by atomic mass is 10.1. The maximum Gasteiger partial charge on any atom is 0.315 e. The van der Waals surface area contributed by atoms with Gasteiger partial charge >= 0.3 is 6.03 Å². The zero-order chi connectivity index (χ0) is 14.2. The van der Waals surface area contributed by atoms with E-state index in [0.717, 1.165) is 17.5 Å². The molecule has 0 unspecified atom stereocenters. The fourth-order valence-electron chi connectivity index (χ4n) is 1.84. The number of hydrogen-bond donors (Lipinski definition) is 3. The zero-order valence-electron chi connectivity index (χ0n) is 11.1. The maximum absolute atomic E-state index is 11.6. The molecule has 0 aliphatic carbocycles. The monoisotopic (exact) mass is 290 g/mol. The molecule has 0 atom stereocenters. The van der Waals surface area contributed by atoms with Gasteiger partial charge in [0.25, 0.3) is 0 Å². The highest BCUT2D eigenvalue weighted by Crippen LogP contribution is 2.08. The van der Waals surface area contributed by atoms with Crippen molar-refractivity contribution < 1.29 is 9.90 Å². The molecule has 0 spiro atoms. The Morgan fingerprint density at radius 2 is 2.00 bits per heavy atom. The first-order valence-electron chi connectivity index (χ1n) is 6.50. The van der Waals surface area contributed by atoms with E-state index in [9.17, 15) is 4.79 Å². The van der Waals surface area contributed by atoms with Gasteiger partial charge in [-0.25, -0.2) is 4.79 Å². The molecule has 1 aromatic carbocycles. The van der Waals surface area contributed by atoms with Crippen molar-refractivity contribution >= 4 is 17.4 Å². The molecule has 0 aliphatic rings. The van der Waals surface area contributed by atoms with Gasteiger partial charge in [-0.05, 0) is 29.0 Å². The number of thiophene rings is 1. The topological polar surface area (TPSA) is 61.4 Å². The second-order valence-electron chi connectivity index (χ2n) is 4.42. The van der Waals surface area contributed by atoms with E-state index in [1.807, 2.05) is 35.7 Å². The summed E-state index contributed by atoms with van der Waals surface area (Å²) in [5.41, 5.74) is 1.83. The Balaban J connectivity index is 1.69. The Morgan fingerprint density at radius 1 is 1.15 bits per heavy atom. The average Bonchev–Trinajstić information content (AvgIpc) is 2.98. The molecule has 0 radical (unpaired) electrons. The van der Waals surface area contributed by atoms with E-state index in [2.05, 4.69) is 16.7 Å². The van der Waals surface area contributed by atoms with Gasteiger partial charge in [0, 0.05) is 18.0 Å². The van der Waals surface area contributed by atoms with Crippen LogP contribution in [0.1, 0.15) is 16.0 Å². The van der Waals surface area contributed by atoms with Crippen LogP contribution in [0.3, 0.4) is 0 Å². The van der Waals surface area contributed by atoms with Crippen molar-refractivity contribution in [2.24, 2.45) is 0 Å². The van der Waals surface area contributed by atoms with E-state index in [-0.39, 0.29) is 12.6 Å². The number of aliphatic hydroxyl groups is 1. The number of nitrogens with one attached hydrogen (secondary N) is 2. The van der Waals surface area contributed by atoms with E-state index >= 15 is 0 Å². The number of aliphatic hydroxyl groups excluding tert-OH is 1. The van der Waals surface area contributed by atoms with Crippen LogP contribution in [-0.2, 0) is 19.6 Å². The summed E-state index contributed by atoms with van der Waals surface area (Å²) in [6.45, 7) is 1.10. The molecule has 106 valence electrons. The van der Waals surface area contributed by atoms with Crippen LogP contribution in [0.5, 0.6) is 0 Å². The molecule has 20 heavy (non-hydrogen) atoms. The number of amides is 2. The lowest BCUT2D eigenvalue weighted by molar-refractivity contribution is 0.240. The Bertz CT molecular complexity index is 541. The van der Waals surface area contributed by atoms with Crippen molar-refractivity contribution in [2.45, 2.75) is 19.6 Å². The van der Waals surface area contributed by atoms with E-state index in [4.69, 9.17) is 5.11 Å². The zero-order valence-corrected chi connectivity index (χ0v) is 12.0. The average molecular weight is 290 g/mol. The molecule has 0 aliphatic heterocycles. The molecule has 0 fully saturated rings. The van der Waals surface area contributed by atoms with Crippen LogP contribution in [-0.4, -0.2) is 17.7 Å². The summed E-state index contributed by atoms with van der Waals surface area (Å²) in [5.74, 6) is 0. The third-order valence-corrected chi connectivity index (χ3v) is 3.80. The molecule has 0 saturated heterocycles. The second-order valence-corrected chi connectivity index (χ2v) is 5.45. The van der Waals surface area contributed by atoms with Crippen LogP contribution < -0.4 is 10.6 Å². The number of hydrogen-bond acceptors (Lipinski definition) is 3. The predicted molar refractivity (Wildman–Crippen MR) is 80.6 cm³/mol. The van der Waals surface area contributed by atoms with Gasteiger partial charge in [-0.2, -0.15) is 0 Å². The minimum Gasteiger partial charge on any atom is -0.392 e. The first-order valence-corrected chi connectivity index (χ1v) is 7.38. The Morgan fingerprint density at radius 3 is 2.75 bits per heavy atom. The second kappa shape index (κ2) is 7.67. The number of urea groups is 1. The molecular formula is C15H18N2O2S. The predicted octanol–water partition coefficient (Wildman–Crippen LogP) is 2.28. The van der Waals surface area contributed by atoms with Crippen molar-refractivity contribution in [3.63, 3.8) is 0 Å². The molecule has 2 amide bonds. The fourth-order valence-corrected chi connectivity index (χ4v) is 2.55. The summed E-state index contributed by atoms with van der Waals surface area (Å²) in [4.78, 5) is 12.9. The first-order chi connectivity index (χ1) is 9.78. The lowest BCUT2D eigenvalue weighted by Gasteiger charge is -2.08. The van der Waals surface area contributed by atoms with Gasteiger partial charge in [0.1, 0.15) is 0 Å². The van der Waals surface area contributed by atoms with Gasteiger partial charge in [-0.3, -0.25) is 0 Å². The van der Waals surface area contributed by atoms with Gasteiger partial charge < -0.3 is 15.7 Å². The number of carbonyl (C=O) groups is 1. The van der Waals surface area contributed by atoms with Crippen molar-refractivity contribution in [3.8, 4) is 0 Å². The van der Waals surface area contributed by atoms with Gasteiger partial charge in [0.15, 0.2) is 0 Å². The maximum atomic E-state index is 11.6. The molecule has 5 heteroatoms. The van der Waals surface area contributed by atoms with Crippen LogP contribution in [0.25, 0.3) is 0 Å². The quantitative estimate of drug-likeness (QED) is 0.764. The Kier molecular flexibility index (Phi) is 5.58. The van der Waals surface area contributed by atoms with Crippen molar-refractivity contribution in [2.75, 3.05) is 6.54 Å². The summed E-state index contributed by atoms with van der Waals surface area (Å²) in [6, 6.07) is 11.4. The fraction of sp³-hybridized carbons (Fsp3) is 0.267. The number of carbonyl (C=O) groups excluding carboxylic acids is 1. The summed E-state index contributed by atoms with van der Waals surface area (Å²) in [7, 11) is 0. The van der Waals surface area contributed by atoms with E-state index in [1.54, 1.807) is 11.3 Å². The highest BCUT2D eigenvalue weighted by Gasteiger charge is 2.01. The smallest absolute Gasteiger partial charge is 0.315 e. The molecule has 3 N–H and O–H groups in total. The van der Waals surface area contributed by atoms with Crippen LogP contribution in [0, 0.1) is 0 Å². The van der Waals surface area contributed by atoms with Crippen LogP contribution in [0.15, 0.2) is 41.8 Å². The van der Waals surface area contributed by atoms with Gasteiger partial charge in [0.05, 0.1) is 6.61 Å². The summed E-state index contributed by atoms with van der Waals surface area (Å²) < 4.78 is 0. The largest absolute Gasteiger partial charge is 0.392 e. The SMILES string of the molecule is O=C(NCCc1cccs1)NCc1cccc(CO)c1. The molecule has 1 heterocycles. The molecular weight excluding hydrogens is 272 g/mol. The molecule has 0 bridgehead atoms. The molecule has 0 saturated carbocycles. The lowest BCUT2D eigenvalue weighted by Crippen LogP contribution is -2.36. The van der Waals surface area contributed by atoms with Crippen LogP contribution in [0.2, 0.25) is 0 Å². The minimum absolute atomic E-state index is 0.0147. The summed E-state index contributed by atoms with van der Waals surface area (Å²) in [6.07, 6.45) is 0.852. The molecule has 2 aromatic rings. The van der Waals surface area contributed by atoms with Crippen molar-refractivity contribution in [3.05, 3.63) is 57.8 Å². The number of rotatable bonds is 6. The third-order valence-electron chi connectivity index (χ3n) is 2.86. The number of benzene rings is 1. The summed E-state index contributed by atoms with van der Waals surface area (Å²) >= 11 is 1.69. The molecule has 1 aromatic heterocycles. The van der Waals surface area contributed by atoms with E-state index in [1.165, 1.54) is 4.88 Å². The van der Waals surface area contributed by atoms with Gasteiger partial charge in [-0.15, -0.1) is 11.3 Å². The van der Waals surface area contributed by atoms with Gasteiger partial charge in [0.2, 0.25) is 0 Å². The van der Waals surface area contributed by atoms with Crippen molar-refractivity contribution in [1.82, 2.24) is 10.6 Å². The van der Waals surface area contributed by atoms with E-state index in [0.29, 0.717) is 13.1 Å². The van der Waals surface area contributed by atoms with Crippen molar-refractivity contribution in [1.29, 1.82) is 0 Å². The molecule has 2 rings (SSSR count). The molecule has 4 nitrogen and oxygen atoms in total. The highest BCUT2D eigenvalue weighted by molar-refractivity contribution is 7.09. The Labute approximate surface area is 122 Å².